The predicted molar refractivity (Wildman–Crippen MR) is 50.3 cm³/mol. The monoisotopic (exact) mass is 176 g/mol. The first-order valence-corrected chi connectivity index (χ1v) is 4.39. The minimum absolute atomic E-state index is 0.0821. The second-order valence-electron chi connectivity index (χ2n) is 3.29. The highest BCUT2D eigenvalue weighted by Gasteiger charge is 2.28. The third-order valence-electron chi connectivity index (χ3n) is 2.30. The summed E-state index contributed by atoms with van der Waals surface area (Å²) in [5, 5.41) is 5.69. The molecular weight excluding hydrogens is 164 g/mol. The van der Waals surface area contributed by atoms with E-state index >= 15 is 0 Å². The number of carbonyl (C=O) groups excluding carboxylic acids is 1. The Balaban J connectivity index is 2.23. The zero-order chi connectivity index (χ0) is 9.26. The molecule has 3 heteroatoms. The molecule has 1 aliphatic rings. The summed E-state index contributed by atoms with van der Waals surface area (Å²) in [5.74, 6) is 0. The van der Waals surface area contributed by atoms with Gasteiger partial charge in [0.05, 0.1) is 12.1 Å². The second kappa shape index (κ2) is 3.09. The second-order valence-corrected chi connectivity index (χ2v) is 3.29. The molecule has 1 heterocycles. The lowest BCUT2D eigenvalue weighted by Crippen LogP contribution is -2.23. The van der Waals surface area contributed by atoms with E-state index in [-0.39, 0.29) is 18.1 Å². The van der Waals surface area contributed by atoms with Crippen molar-refractivity contribution in [3.63, 3.8) is 0 Å². The van der Waals surface area contributed by atoms with E-state index in [0.29, 0.717) is 0 Å². The number of amides is 2. The number of rotatable bonds is 1. The highest BCUT2D eigenvalue weighted by atomic mass is 16.2. The maximum atomic E-state index is 11.0. The van der Waals surface area contributed by atoms with E-state index in [4.69, 9.17) is 0 Å². The van der Waals surface area contributed by atoms with Crippen molar-refractivity contribution in [1.29, 1.82) is 0 Å². The molecule has 1 aliphatic heterocycles. The lowest BCUT2D eigenvalue weighted by atomic mass is 10.0. The van der Waals surface area contributed by atoms with Crippen molar-refractivity contribution in [3.05, 3.63) is 35.9 Å². The molecule has 2 amide bonds. The summed E-state index contributed by atoms with van der Waals surface area (Å²) in [5.41, 5.74) is 1.15. The van der Waals surface area contributed by atoms with Gasteiger partial charge in [-0.15, -0.1) is 0 Å². The van der Waals surface area contributed by atoms with Crippen molar-refractivity contribution in [2.75, 3.05) is 0 Å². The predicted octanol–water partition coefficient (Wildman–Crippen LogP) is 1.43. The van der Waals surface area contributed by atoms with Gasteiger partial charge >= 0.3 is 6.03 Å². The first kappa shape index (κ1) is 8.10. The summed E-state index contributed by atoms with van der Waals surface area (Å²) in [4.78, 5) is 11.0. The van der Waals surface area contributed by atoms with Crippen LogP contribution >= 0.6 is 0 Å². The number of nitrogens with one attached hydrogen (secondary N) is 2. The van der Waals surface area contributed by atoms with Crippen LogP contribution in [0.15, 0.2) is 30.3 Å². The van der Waals surface area contributed by atoms with E-state index in [9.17, 15) is 4.79 Å². The Morgan fingerprint density at radius 1 is 1.15 bits per heavy atom. The summed E-state index contributed by atoms with van der Waals surface area (Å²) in [6.45, 7) is 2.00. The van der Waals surface area contributed by atoms with E-state index in [0.717, 1.165) is 5.56 Å². The van der Waals surface area contributed by atoms with Crippen LogP contribution < -0.4 is 10.6 Å². The molecule has 0 spiro atoms. The fourth-order valence-corrected chi connectivity index (χ4v) is 1.63. The van der Waals surface area contributed by atoms with Gasteiger partial charge in [0, 0.05) is 0 Å². The topological polar surface area (TPSA) is 41.1 Å². The fourth-order valence-electron chi connectivity index (χ4n) is 1.63. The Morgan fingerprint density at radius 3 is 2.38 bits per heavy atom. The zero-order valence-electron chi connectivity index (χ0n) is 7.45. The summed E-state index contributed by atoms with van der Waals surface area (Å²) in [7, 11) is 0. The van der Waals surface area contributed by atoms with Gasteiger partial charge in [-0.25, -0.2) is 4.79 Å². The molecule has 2 unspecified atom stereocenters. The SMILES string of the molecule is CC1NC(=O)NC1c1ccccc1. The Labute approximate surface area is 77.1 Å². The molecule has 13 heavy (non-hydrogen) atoms. The number of hydrogen-bond acceptors (Lipinski definition) is 1. The van der Waals surface area contributed by atoms with E-state index < -0.39 is 0 Å². The number of urea groups is 1. The molecule has 68 valence electrons. The van der Waals surface area contributed by atoms with Gasteiger partial charge in [-0.1, -0.05) is 30.3 Å². The van der Waals surface area contributed by atoms with Gasteiger partial charge < -0.3 is 10.6 Å². The number of carbonyl (C=O) groups is 1. The summed E-state index contributed by atoms with van der Waals surface area (Å²) in [6.07, 6.45) is 0. The highest BCUT2D eigenvalue weighted by Crippen LogP contribution is 2.19. The van der Waals surface area contributed by atoms with Crippen molar-refractivity contribution < 1.29 is 4.79 Å². The molecule has 1 aromatic rings. The Bertz CT molecular complexity index is 310. The van der Waals surface area contributed by atoms with Crippen LogP contribution in [-0.4, -0.2) is 12.1 Å². The third-order valence-corrected chi connectivity index (χ3v) is 2.30. The maximum absolute atomic E-state index is 11.0. The van der Waals surface area contributed by atoms with Gasteiger partial charge in [-0.05, 0) is 12.5 Å². The summed E-state index contributed by atoms with van der Waals surface area (Å²) in [6, 6.07) is 10.2. The van der Waals surface area contributed by atoms with E-state index in [1.54, 1.807) is 0 Å². The standard InChI is InChI=1S/C10H12N2O/c1-7-9(12-10(13)11-7)8-5-3-2-4-6-8/h2-7,9H,1H3,(H2,11,12,13). The molecule has 3 nitrogen and oxygen atoms in total. The van der Waals surface area contributed by atoms with Gasteiger partial charge in [-0.3, -0.25) is 0 Å². The van der Waals surface area contributed by atoms with E-state index in [2.05, 4.69) is 10.6 Å². The van der Waals surface area contributed by atoms with Crippen LogP contribution in [0.4, 0.5) is 4.79 Å². The van der Waals surface area contributed by atoms with Gasteiger partial charge in [0.1, 0.15) is 0 Å². The molecule has 1 saturated heterocycles. The van der Waals surface area contributed by atoms with Crippen LogP contribution in [0, 0.1) is 0 Å². The Hall–Kier alpha value is -1.51. The van der Waals surface area contributed by atoms with Crippen LogP contribution in [0.3, 0.4) is 0 Å². The zero-order valence-corrected chi connectivity index (χ0v) is 7.45. The summed E-state index contributed by atoms with van der Waals surface area (Å²) >= 11 is 0. The molecule has 2 N–H and O–H groups in total. The van der Waals surface area contributed by atoms with Gasteiger partial charge in [0.25, 0.3) is 0 Å². The van der Waals surface area contributed by atoms with Crippen LogP contribution in [0.2, 0.25) is 0 Å². The molecule has 0 bridgehead atoms. The van der Waals surface area contributed by atoms with Crippen molar-refractivity contribution in [1.82, 2.24) is 10.6 Å². The molecule has 1 aromatic carbocycles. The molecular formula is C10H12N2O. The molecule has 0 aromatic heterocycles. The van der Waals surface area contributed by atoms with Gasteiger partial charge in [0.2, 0.25) is 0 Å². The molecule has 2 atom stereocenters. The smallest absolute Gasteiger partial charge is 0.315 e. The average molecular weight is 176 g/mol. The number of benzene rings is 1. The van der Waals surface area contributed by atoms with Crippen LogP contribution in [0.1, 0.15) is 18.5 Å². The quantitative estimate of drug-likeness (QED) is 0.667. The lowest BCUT2D eigenvalue weighted by molar-refractivity contribution is 0.247. The average Bonchev–Trinajstić information content (AvgIpc) is 2.47. The first-order chi connectivity index (χ1) is 6.27. The van der Waals surface area contributed by atoms with Crippen LogP contribution in [-0.2, 0) is 0 Å². The van der Waals surface area contributed by atoms with E-state index in [1.807, 2.05) is 37.3 Å². The first-order valence-electron chi connectivity index (χ1n) is 4.39. The van der Waals surface area contributed by atoms with Crippen molar-refractivity contribution in [2.24, 2.45) is 0 Å². The van der Waals surface area contributed by atoms with Gasteiger partial charge in [0.15, 0.2) is 0 Å². The summed E-state index contributed by atoms with van der Waals surface area (Å²) < 4.78 is 0. The highest BCUT2D eigenvalue weighted by molar-refractivity contribution is 5.77. The normalized spacial score (nSPS) is 26.7. The minimum atomic E-state index is -0.0821. The Morgan fingerprint density at radius 2 is 1.85 bits per heavy atom. The Kier molecular flexibility index (Phi) is 1.93. The lowest BCUT2D eigenvalue weighted by Gasteiger charge is -2.13. The van der Waals surface area contributed by atoms with Crippen LogP contribution in [0.5, 0.6) is 0 Å². The molecule has 0 radical (unpaired) electrons. The maximum Gasteiger partial charge on any atom is 0.315 e. The molecule has 1 fully saturated rings. The molecule has 0 saturated carbocycles. The van der Waals surface area contributed by atoms with Crippen molar-refractivity contribution >= 4 is 6.03 Å². The number of hydrogen-bond donors (Lipinski definition) is 2. The van der Waals surface area contributed by atoms with Gasteiger partial charge in [-0.2, -0.15) is 0 Å². The molecule has 0 aliphatic carbocycles. The van der Waals surface area contributed by atoms with Crippen molar-refractivity contribution in [3.8, 4) is 0 Å². The van der Waals surface area contributed by atoms with Crippen LogP contribution in [0.25, 0.3) is 0 Å². The largest absolute Gasteiger partial charge is 0.333 e. The third kappa shape index (κ3) is 1.49. The van der Waals surface area contributed by atoms with E-state index in [1.165, 1.54) is 0 Å². The molecule has 2 rings (SSSR count). The fraction of sp³-hybridized carbons (Fsp3) is 0.300. The minimum Gasteiger partial charge on any atom is -0.333 e. The van der Waals surface area contributed by atoms with Crippen molar-refractivity contribution in [2.45, 2.75) is 19.0 Å².